The average molecular weight is 321 g/mol. The predicted molar refractivity (Wildman–Crippen MR) is 87.5 cm³/mol. The third-order valence-electron chi connectivity index (χ3n) is 3.62. The van der Waals surface area contributed by atoms with Crippen molar-refractivity contribution in [2.75, 3.05) is 25.0 Å². The fourth-order valence-electron chi connectivity index (χ4n) is 2.53. The van der Waals surface area contributed by atoms with Gasteiger partial charge in [0.05, 0.1) is 4.92 Å². The van der Waals surface area contributed by atoms with Crippen LogP contribution in [-0.2, 0) is 4.74 Å². The van der Waals surface area contributed by atoms with Crippen molar-refractivity contribution in [2.45, 2.75) is 32.8 Å². The highest BCUT2D eigenvalue weighted by Crippen LogP contribution is 2.25. The molecule has 1 atom stereocenters. The van der Waals surface area contributed by atoms with Gasteiger partial charge in [-0.1, -0.05) is 12.1 Å². The highest BCUT2D eigenvalue weighted by Gasteiger charge is 2.29. The number of nitrogens with zero attached hydrogens (tertiary/aromatic N) is 2. The van der Waals surface area contributed by atoms with Crippen LogP contribution < -0.4 is 5.32 Å². The lowest BCUT2D eigenvalue weighted by Gasteiger charge is -2.24. The van der Waals surface area contributed by atoms with Crippen molar-refractivity contribution in [3.05, 3.63) is 34.4 Å². The van der Waals surface area contributed by atoms with Crippen molar-refractivity contribution < 1.29 is 14.5 Å². The van der Waals surface area contributed by atoms with Crippen LogP contribution in [0, 0.1) is 16.0 Å². The standard InChI is InChI=1S/C16H23N3O4/c1-16(2,3)23-15(20)18-9-8-12(11-18)10-17-13-6-4-5-7-14(13)19(21)22/h4-7,12,17H,8-11H2,1-3H3. The van der Waals surface area contributed by atoms with Gasteiger partial charge >= 0.3 is 6.09 Å². The average Bonchev–Trinajstić information content (AvgIpc) is 2.92. The van der Waals surface area contributed by atoms with Crippen LogP contribution in [0.5, 0.6) is 0 Å². The Bertz CT molecular complexity index is 583. The van der Waals surface area contributed by atoms with Crippen molar-refractivity contribution in [1.29, 1.82) is 0 Å². The number of hydrogen-bond acceptors (Lipinski definition) is 5. The Morgan fingerprint density at radius 1 is 1.43 bits per heavy atom. The molecule has 7 nitrogen and oxygen atoms in total. The van der Waals surface area contributed by atoms with Gasteiger partial charge in [0.15, 0.2) is 0 Å². The van der Waals surface area contributed by atoms with E-state index in [1.165, 1.54) is 6.07 Å². The molecule has 1 heterocycles. The zero-order chi connectivity index (χ0) is 17.0. The number of nitro groups is 1. The lowest BCUT2D eigenvalue weighted by Crippen LogP contribution is -2.35. The summed E-state index contributed by atoms with van der Waals surface area (Å²) in [4.78, 5) is 24.3. The molecule has 2 rings (SSSR count). The van der Waals surface area contributed by atoms with Crippen LogP contribution in [0.1, 0.15) is 27.2 Å². The van der Waals surface area contributed by atoms with Crippen molar-refractivity contribution in [1.82, 2.24) is 4.90 Å². The summed E-state index contributed by atoms with van der Waals surface area (Å²) in [6.07, 6.45) is 0.554. The molecular weight excluding hydrogens is 298 g/mol. The first-order valence-corrected chi connectivity index (χ1v) is 7.71. The number of rotatable bonds is 4. The van der Waals surface area contributed by atoms with Gasteiger partial charge in [-0.15, -0.1) is 0 Å². The molecule has 1 amide bonds. The van der Waals surface area contributed by atoms with Crippen molar-refractivity contribution in [2.24, 2.45) is 5.92 Å². The van der Waals surface area contributed by atoms with Crippen molar-refractivity contribution in [3.8, 4) is 0 Å². The van der Waals surface area contributed by atoms with Crippen LogP contribution in [-0.4, -0.2) is 41.2 Å². The molecule has 7 heteroatoms. The van der Waals surface area contributed by atoms with Gasteiger partial charge in [0.1, 0.15) is 11.3 Å². The van der Waals surface area contributed by atoms with E-state index in [1.807, 2.05) is 20.8 Å². The monoisotopic (exact) mass is 321 g/mol. The number of amides is 1. The Kier molecular flexibility index (Phi) is 5.08. The fourth-order valence-corrected chi connectivity index (χ4v) is 2.53. The summed E-state index contributed by atoms with van der Waals surface area (Å²) in [5, 5.41) is 14.1. The zero-order valence-corrected chi connectivity index (χ0v) is 13.7. The molecule has 23 heavy (non-hydrogen) atoms. The first-order chi connectivity index (χ1) is 10.8. The van der Waals surface area contributed by atoms with Crippen LogP contribution in [0.2, 0.25) is 0 Å². The second-order valence-electron chi connectivity index (χ2n) is 6.74. The predicted octanol–water partition coefficient (Wildman–Crippen LogP) is 3.26. The summed E-state index contributed by atoms with van der Waals surface area (Å²) in [5.41, 5.74) is 0.0700. The van der Waals surface area contributed by atoms with Gasteiger partial charge in [-0.2, -0.15) is 0 Å². The molecule has 1 N–H and O–H groups in total. The highest BCUT2D eigenvalue weighted by molar-refractivity contribution is 5.68. The molecule has 0 saturated carbocycles. The SMILES string of the molecule is CC(C)(C)OC(=O)N1CCC(CNc2ccccc2[N+](=O)[O-])C1. The number of nitro benzene ring substituents is 1. The van der Waals surface area contributed by atoms with Gasteiger partial charge in [-0.25, -0.2) is 4.79 Å². The van der Waals surface area contributed by atoms with E-state index in [1.54, 1.807) is 23.1 Å². The maximum atomic E-state index is 12.0. The van der Waals surface area contributed by atoms with Gasteiger partial charge in [0, 0.05) is 25.7 Å². The van der Waals surface area contributed by atoms with Gasteiger partial charge in [0.2, 0.25) is 0 Å². The van der Waals surface area contributed by atoms with E-state index in [4.69, 9.17) is 4.74 Å². The van der Waals surface area contributed by atoms with E-state index in [0.29, 0.717) is 25.3 Å². The number of likely N-dealkylation sites (tertiary alicyclic amines) is 1. The third kappa shape index (κ3) is 4.84. The Balaban J connectivity index is 1.87. The van der Waals surface area contributed by atoms with E-state index < -0.39 is 10.5 Å². The second kappa shape index (κ2) is 6.85. The quantitative estimate of drug-likeness (QED) is 0.679. The largest absolute Gasteiger partial charge is 0.444 e. The van der Waals surface area contributed by atoms with Crippen LogP contribution in [0.25, 0.3) is 0 Å². The van der Waals surface area contributed by atoms with Crippen molar-refractivity contribution >= 4 is 17.5 Å². The maximum Gasteiger partial charge on any atom is 0.410 e. The van der Waals surface area contributed by atoms with Gasteiger partial charge < -0.3 is 15.0 Å². The number of ether oxygens (including phenoxy) is 1. The van der Waals surface area contributed by atoms with Crippen LogP contribution in [0.3, 0.4) is 0 Å². The molecule has 126 valence electrons. The molecule has 1 fully saturated rings. The van der Waals surface area contributed by atoms with Gasteiger partial charge in [-0.3, -0.25) is 10.1 Å². The Morgan fingerprint density at radius 3 is 2.78 bits per heavy atom. The van der Waals surface area contributed by atoms with E-state index in [0.717, 1.165) is 6.42 Å². The first-order valence-electron chi connectivity index (χ1n) is 7.71. The Hall–Kier alpha value is -2.31. The second-order valence-corrected chi connectivity index (χ2v) is 6.74. The summed E-state index contributed by atoms with van der Waals surface area (Å²) < 4.78 is 5.36. The van der Waals surface area contributed by atoms with Crippen LogP contribution >= 0.6 is 0 Å². The molecule has 1 aliphatic rings. The van der Waals surface area contributed by atoms with E-state index in [-0.39, 0.29) is 17.7 Å². The molecule has 1 aromatic carbocycles. The third-order valence-corrected chi connectivity index (χ3v) is 3.62. The Morgan fingerprint density at radius 2 is 2.13 bits per heavy atom. The minimum absolute atomic E-state index is 0.0643. The fraction of sp³-hybridized carbons (Fsp3) is 0.562. The van der Waals surface area contributed by atoms with Gasteiger partial charge in [-0.05, 0) is 39.2 Å². The van der Waals surface area contributed by atoms with Gasteiger partial charge in [0.25, 0.3) is 5.69 Å². The molecule has 0 radical (unpaired) electrons. The molecule has 0 aliphatic carbocycles. The normalized spacial score (nSPS) is 17.9. The number of hydrogen-bond donors (Lipinski definition) is 1. The molecule has 1 aromatic rings. The first kappa shape index (κ1) is 17.1. The summed E-state index contributed by atoms with van der Waals surface area (Å²) in [5.74, 6) is 0.252. The summed E-state index contributed by atoms with van der Waals surface area (Å²) in [7, 11) is 0. The number of carbonyl (C=O) groups excluding carboxylic acids is 1. The number of carbonyl (C=O) groups is 1. The van der Waals surface area contributed by atoms with E-state index >= 15 is 0 Å². The number of nitrogens with one attached hydrogen (secondary N) is 1. The van der Waals surface area contributed by atoms with Crippen LogP contribution in [0.15, 0.2) is 24.3 Å². The lowest BCUT2D eigenvalue weighted by atomic mass is 10.1. The number of benzene rings is 1. The molecule has 1 aliphatic heterocycles. The molecule has 1 unspecified atom stereocenters. The highest BCUT2D eigenvalue weighted by atomic mass is 16.6. The Labute approximate surface area is 135 Å². The minimum Gasteiger partial charge on any atom is -0.444 e. The summed E-state index contributed by atoms with van der Waals surface area (Å²) in [6, 6.07) is 6.57. The topological polar surface area (TPSA) is 84.7 Å². The maximum absolute atomic E-state index is 12.0. The van der Waals surface area contributed by atoms with E-state index in [2.05, 4.69) is 5.32 Å². The molecule has 0 aromatic heterocycles. The van der Waals surface area contributed by atoms with Crippen LogP contribution in [0.4, 0.5) is 16.2 Å². The number of anilines is 1. The number of para-hydroxylation sites is 2. The smallest absolute Gasteiger partial charge is 0.410 e. The zero-order valence-electron chi connectivity index (χ0n) is 13.7. The van der Waals surface area contributed by atoms with Crippen molar-refractivity contribution in [3.63, 3.8) is 0 Å². The molecule has 1 saturated heterocycles. The molecule has 0 bridgehead atoms. The summed E-state index contributed by atoms with van der Waals surface area (Å²) in [6.45, 7) is 7.36. The summed E-state index contributed by atoms with van der Waals surface area (Å²) >= 11 is 0. The lowest BCUT2D eigenvalue weighted by molar-refractivity contribution is -0.384. The molecule has 0 spiro atoms. The van der Waals surface area contributed by atoms with E-state index in [9.17, 15) is 14.9 Å². The minimum atomic E-state index is -0.502. The molecular formula is C16H23N3O4.